The van der Waals surface area contributed by atoms with Gasteiger partial charge in [-0.3, -0.25) is 9.80 Å². The molecule has 1 aliphatic rings. The first-order valence-electron chi connectivity index (χ1n) is 6.25. The van der Waals surface area contributed by atoms with Crippen LogP contribution in [0.1, 0.15) is 20.3 Å². The van der Waals surface area contributed by atoms with Gasteiger partial charge in [0.05, 0.1) is 6.26 Å². The van der Waals surface area contributed by atoms with Gasteiger partial charge >= 0.3 is 0 Å². The van der Waals surface area contributed by atoms with Crippen molar-refractivity contribution < 1.29 is 13.2 Å². The van der Waals surface area contributed by atoms with Gasteiger partial charge in [0, 0.05) is 39.1 Å². The van der Waals surface area contributed by atoms with Gasteiger partial charge in [0.25, 0.3) is 0 Å². The lowest BCUT2D eigenvalue weighted by atomic mass is 10.1. The average molecular weight is 277 g/mol. The van der Waals surface area contributed by atoms with E-state index in [9.17, 15) is 13.2 Å². The molecule has 1 atom stereocenters. The highest BCUT2D eigenvalue weighted by Crippen LogP contribution is 2.11. The van der Waals surface area contributed by atoms with Crippen LogP contribution in [0.25, 0.3) is 0 Å². The third kappa shape index (κ3) is 3.66. The summed E-state index contributed by atoms with van der Waals surface area (Å²) in [6.45, 7) is 5.90. The summed E-state index contributed by atoms with van der Waals surface area (Å²) in [5.74, 6) is 0.0910. The van der Waals surface area contributed by atoms with Crippen molar-refractivity contribution >= 4 is 15.9 Å². The Bertz CT molecular complexity index is 388. The van der Waals surface area contributed by atoms with E-state index < -0.39 is 10.0 Å². The summed E-state index contributed by atoms with van der Waals surface area (Å²) < 4.78 is 24.2. The van der Waals surface area contributed by atoms with Crippen LogP contribution in [0.3, 0.4) is 0 Å². The van der Waals surface area contributed by atoms with Crippen LogP contribution in [0, 0.1) is 5.92 Å². The van der Waals surface area contributed by atoms with Crippen LogP contribution in [0.4, 0.5) is 0 Å². The van der Waals surface area contributed by atoms with Crippen molar-refractivity contribution in [3.8, 4) is 0 Å². The fraction of sp³-hybridized carbons (Fsp3) is 0.909. The van der Waals surface area contributed by atoms with Crippen LogP contribution < -0.4 is 0 Å². The maximum absolute atomic E-state index is 12.0. The molecule has 6 nitrogen and oxygen atoms in total. The lowest BCUT2D eigenvalue weighted by Gasteiger charge is -2.39. The number of hydrazine groups is 1. The van der Waals surface area contributed by atoms with E-state index in [4.69, 9.17) is 0 Å². The SMILES string of the molecule is CCC(C)C(=O)N(C)N1CCN(S(C)(=O)=O)CC1. The predicted molar refractivity (Wildman–Crippen MR) is 70.2 cm³/mol. The van der Waals surface area contributed by atoms with Gasteiger partial charge in [-0.05, 0) is 6.42 Å². The van der Waals surface area contributed by atoms with Crippen molar-refractivity contribution in [3.05, 3.63) is 0 Å². The normalized spacial score (nSPS) is 20.7. The summed E-state index contributed by atoms with van der Waals surface area (Å²) in [4.78, 5) is 12.0. The van der Waals surface area contributed by atoms with Gasteiger partial charge in [-0.1, -0.05) is 13.8 Å². The van der Waals surface area contributed by atoms with Gasteiger partial charge in [-0.15, -0.1) is 0 Å². The first-order chi connectivity index (χ1) is 8.27. The van der Waals surface area contributed by atoms with E-state index in [-0.39, 0.29) is 11.8 Å². The minimum absolute atomic E-state index is 0.00272. The van der Waals surface area contributed by atoms with Crippen LogP contribution in [0.5, 0.6) is 0 Å². The second-order valence-corrected chi connectivity index (χ2v) is 6.77. The molecule has 1 heterocycles. The fourth-order valence-corrected chi connectivity index (χ4v) is 2.77. The second kappa shape index (κ2) is 5.99. The number of sulfonamides is 1. The minimum atomic E-state index is -3.11. The number of hydrogen-bond donors (Lipinski definition) is 0. The molecule has 0 aromatic heterocycles. The van der Waals surface area contributed by atoms with Crippen LogP contribution in [-0.4, -0.2) is 68.1 Å². The molecule has 1 rings (SSSR count). The van der Waals surface area contributed by atoms with E-state index in [2.05, 4.69) is 0 Å². The van der Waals surface area contributed by atoms with Crippen LogP contribution in [-0.2, 0) is 14.8 Å². The Labute approximate surface area is 110 Å². The monoisotopic (exact) mass is 277 g/mol. The van der Waals surface area contributed by atoms with Gasteiger partial charge in [0.15, 0.2) is 0 Å². The highest BCUT2D eigenvalue weighted by molar-refractivity contribution is 7.88. The molecule has 0 bridgehead atoms. The van der Waals surface area contributed by atoms with E-state index in [1.807, 2.05) is 18.9 Å². The van der Waals surface area contributed by atoms with Crippen LogP contribution in [0.15, 0.2) is 0 Å². The maximum atomic E-state index is 12.0. The zero-order valence-electron chi connectivity index (χ0n) is 11.6. The van der Waals surface area contributed by atoms with Gasteiger partial charge in [-0.25, -0.2) is 13.4 Å². The second-order valence-electron chi connectivity index (χ2n) is 4.79. The van der Waals surface area contributed by atoms with E-state index in [1.165, 1.54) is 10.6 Å². The molecule has 7 heteroatoms. The summed E-state index contributed by atoms with van der Waals surface area (Å²) in [5, 5.41) is 3.55. The van der Waals surface area contributed by atoms with E-state index >= 15 is 0 Å². The minimum Gasteiger partial charge on any atom is -0.278 e. The molecule has 0 aromatic rings. The summed E-state index contributed by atoms with van der Waals surface area (Å²) in [5.41, 5.74) is 0. The first-order valence-corrected chi connectivity index (χ1v) is 8.09. The smallest absolute Gasteiger partial charge is 0.239 e. The molecule has 1 unspecified atom stereocenters. The third-order valence-electron chi connectivity index (χ3n) is 3.46. The largest absolute Gasteiger partial charge is 0.278 e. The van der Waals surface area contributed by atoms with Crippen molar-refractivity contribution in [2.45, 2.75) is 20.3 Å². The molecule has 0 aliphatic carbocycles. The number of nitrogens with zero attached hydrogens (tertiary/aromatic N) is 3. The van der Waals surface area contributed by atoms with E-state index in [0.717, 1.165) is 6.42 Å². The first kappa shape index (κ1) is 15.4. The van der Waals surface area contributed by atoms with Crippen molar-refractivity contribution in [3.63, 3.8) is 0 Å². The zero-order chi connectivity index (χ0) is 13.9. The van der Waals surface area contributed by atoms with Crippen molar-refractivity contribution in [1.29, 1.82) is 0 Å². The van der Waals surface area contributed by atoms with Crippen molar-refractivity contribution in [1.82, 2.24) is 14.3 Å². The Balaban J connectivity index is 2.55. The van der Waals surface area contributed by atoms with Gasteiger partial charge in [-0.2, -0.15) is 4.31 Å². The van der Waals surface area contributed by atoms with Gasteiger partial charge < -0.3 is 0 Å². The zero-order valence-corrected chi connectivity index (χ0v) is 12.4. The molecule has 18 heavy (non-hydrogen) atoms. The number of hydrogen-bond acceptors (Lipinski definition) is 4. The third-order valence-corrected chi connectivity index (χ3v) is 4.76. The van der Waals surface area contributed by atoms with Crippen molar-refractivity contribution in [2.24, 2.45) is 5.92 Å². The molecule has 1 amide bonds. The number of piperazine rings is 1. The molecule has 0 spiro atoms. The predicted octanol–water partition coefficient (Wildman–Crippen LogP) is -0.0169. The van der Waals surface area contributed by atoms with Crippen LogP contribution in [0.2, 0.25) is 0 Å². The summed E-state index contributed by atoms with van der Waals surface area (Å²) in [7, 11) is -1.36. The topological polar surface area (TPSA) is 60.9 Å². The molecule has 0 saturated carbocycles. The molecule has 0 radical (unpaired) electrons. The van der Waals surface area contributed by atoms with E-state index in [1.54, 1.807) is 12.1 Å². The van der Waals surface area contributed by atoms with Crippen LogP contribution >= 0.6 is 0 Å². The Morgan fingerprint density at radius 2 is 1.78 bits per heavy atom. The number of carbonyl (C=O) groups is 1. The molecular formula is C11H23N3O3S. The number of rotatable bonds is 4. The lowest BCUT2D eigenvalue weighted by Crippen LogP contribution is -2.55. The molecule has 1 fully saturated rings. The van der Waals surface area contributed by atoms with Gasteiger partial charge in [0.2, 0.25) is 15.9 Å². The molecule has 0 aromatic carbocycles. The van der Waals surface area contributed by atoms with Crippen molar-refractivity contribution in [2.75, 3.05) is 39.5 Å². The molecule has 106 valence electrons. The standard InChI is InChI=1S/C11H23N3O3S/c1-5-10(2)11(15)12(3)13-6-8-14(9-7-13)18(4,16)17/h10H,5-9H2,1-4H3. The maximum Gasteiger partial charge on any atom is 0.239 e. The Morgan fingerprint density at radius 1 is 1.28 bits per heavy atom. The molecule has 0 N–H and O–H groups in total. The summed E-state index contributed by atoms with van der Waals surface area (Å²) in [6.07, 6.45) is 2.03. The summed E-state index contributed by atoms with van der Waals surface area (Å²) in [6, 6.07) is 0. The Kier molecular flexibility index (Phi) is 5.12. The molecular weight excluding hydrogens is 254 g/mol. The highest BCUT2D eigenvalue weighted by atomic mass is 32.2. The fourth-order valence-electron chi connectivity index (χ4n) is 1.94. The Hall–Kier alpha value is -0.660. The quantitative estimate of drug-likeness (QED) is 0.725. The number of carbonyl (C=O) groups excluding carboxylic acids is 1. The lowest BCUT2D eigenvalue weighted by molar-refractivity contribution is -0.151. The number of amides is 1. The molecule has 1 saturated heterocycles. The Morgan fingerprint density at radius 3 is 2.17 bits per heavy atom. The van der Waals surface area contributed by atoms with E-state index in [0.29, 0.717) is 26.2 Å². The van der Waals surface area contributed by atoms with Gasteiger partial charge in [0.1, 0.15) is 0 Å². The average Bonchev–Trinajstić information content (AvgIpc) is 2.35. The summed E-state index contributed by atoms with van der Waals surface area (Å²) >= 11 is 0. The highest BCUT2D eigenvalue weighted by Gasteiger charge is 2.28. The molecule has 1 aliphatic heterocycles.